The van der Waals surface area contributed by atoms with Crippen molar-refractivity contribution >= 4 is 23.5 Å². The third-order valence-electron chi connectivity index (χ3n) is 3.17. The van der Waals surface area contributed by atoms with Gasteiger partial charge in [-0.2, -0.15) is 0 Å². The molecule has 0 bridgehead atoms. The summed E-state index contributed by atoms with van der Waals surface area (Å²) in [6, 6.07) is 8.27. The number of rotatable bonds is 6. The van der Waals surface area contributed by atoms with Gasteiger partial charge in [0, 0.05) is 11.8 Å². The molecule has 0 aliphatic rings. The number of hydrogen-bond acceptors (Lipinski definition) is 5. The Bertz CT molecular complexity index is 821. The fourth-order valence-electron chi connectivity index (χ4n) is 1.97. The van der Waals surface area contributed by atoms with Crippen LogP contribution in [0.1, 0.15) is 27.6 Å². The Morgan fingerprint density at radius 3 is 2.27 bits per heavy atom. The summed E-state index contributed by atoms with van der Waals surface area (Å²) < 4.78 is 35.8. The summed E-state index contributed by atoms with van der Waals surface area (Å²) >= 11 is 0. The average Bonchev–Trinajstić information content (AvgIpc) is 2.60. The van der Waals surface area contributed by atoms with E-state index in [1.54, 1.807) is 6.92 Å². The molecule has 0 heterocycles. The van der Waals surface area contributed by atoms with Crippen LogP contribution < -0.4 is 5.32 Å². The van der Waals surface area contributed by atoms with Crippen LogP contribution in [0.5, 0.6) is 0 Å². The Labute approximate surface area is 147 Å². The van der Waals surface area contributed by atoms with Crippen molar-refractivity contribution in [3.8, 4) is 0 Å². The van der Waals surface area contributed by atoms with Gasteiger partial charge in [-0.05, 0) is 43.3 Å². The van der Waals surface area contributed by atoms with Gasteiger partial charge >= 0.3 is 11.9 Å². The monoisotopic (exact) mass is 363 g/mol. The van der Waals surface area contributed by atoms with Gasteiger partial charge in [0.15, 0.2) is 6.61 Å². The van der Waals surface area contributed by atoms with Gasteiger partial charge in [-0.25, -0.2) is 18.4 Å². The molecule has 0 aliphatic carbocycles. The lowest BCUT2D eigenvalue weighted by Crippen LogP contribution is -2.21. The van der Waals surface area contributed by atoms with Crippen molar-refractivity contribution in [2.24, 2.45) is 0 Å². The highest BCUT2D eigenvalue weighted by molar-refractivity contribution is 5.96. The number of nitrogens with one attached hydrogen (secondary N) is 1. The summed E-state index contributed by atoms with van der Waals surface area (Å²) in [6.07, 6.45) is 0. The highest BCUT2D eigenvalue weighted by Crippen LogP contribution is 2.12. The molecule has 0 saturated heterocycles. The predicted octanol–water partition coefficient (Wildman–Crippen LogP) is 2.94. The van der Waals surface area contributed by atoms with Crippen LogP contribution in [0, 0.1) is 11.6 Å². The molecular formula is C18H15F2NO5. The van der Waals surface area contributed by atoms with E-state index in [4.69, 9.17) is 4.74 Å². The van der Waals surface area contributed by atoms with Gasteiger partial charge in [-0.15, -0.1) is 0 Å². The first-order chi connectivity index (χ1) is 12.4. The minimum Gasteiger partial charge on any atom is -0.462 e. The minimum atomic E-state index is -1.09. The quantitative estimate of drug-likeness (QED) is 0.798. The van der Waals surface area contributed by atoms with Gasteiger partial charge in [0.2, 0.25) is 0 Å². The molecule has 8 heteroatoms. The largest absolute Gasteiger partial charge is 0.462 e. The van der Waals surface area contributed by atoms with Gasteiger partial charge in [0.25, 0.3) is 5.91 Å². The first-order valence-electron chi connectivity index (χ1n) is 7.60. The Hall–Kier alpha value is -3.29. The number of benzene rings is 2. The maximum atomic E-state index is 13.5. The van der Waals surface area contributed by atoms with E-state index in [2.05, 4.69) is 10.1 Å². The van der Waals surface area contributed by atoms with Crippen LogP contribution in [0.25, 0.3) is 0 Å². The second-order valence-electron chi connectivity index (χ2n) is 5.05. The lowest BCUT2D eigenvalue weighted by molar-refractivity contribution is -0.119. The van der Waals surface area contributed by atoms with E-state index < -0.39 is 41.7 Å². The lowest BCUT2D eigenvalue weighted by atomic mass is 10.2. The molecule has 2 rings (SSSR count). The predicted molar refractivity (Wildman–Crippen MR) is 87.7 cm³/mol. The summed E-state index contributed by atoms with van der Waals surface area (Å²) in [5.74, 6) is -4.14. The Morgan fingerprint density at radius 1 is 0.962 bits per heavy atom. The fraction of sp³-hybridized carbons (Fsp3) is 0.167. The summed E-state index contributed by atoms with van der Waals surface area (Å²) in [4.78, 5) is 35.0. The van der Waals surface area contributed by atoms with Crippen molar-refractivity contribution in [2.75, 3.05) is 18.5 Å². The number of anilines is 1. The molecule has 0 aliphatic heterocycles. The number of amides is 1. The maximum absolute atomic E-state index is 13.5. The topological polar surface area (TPSA) is 81.7 Å². The first-order valence-corrected chi connectivity index (χ1v) is 7.60. The highest BCUT2D eigenvalue weighted by Gasteiger charge is 2.15. The third kappa shape index (κ3) is 5.10. The van der Waals surface area contributed by atoms with Crippen LogP contribution in [0.2, 0.25) is 0 Å². The number of carbonyl (C=O) groups excluding carboxylic acids is 3. The number of hydrogen-bond donors (Lipinski definition) is 1. The van der Waals surface area contributed by atoms with Gasteiger partial charge in [0.1, 0.15) is 11.6 Å². The molecule has 2 aromatic rings. The summed E-state index contributed by atoms with van der Waals surface area (Å²) in [5, 5.41) is 2.45. The van der Waals surface area contributed by atoms with E-state index in [9.17, 15) is 23.2 Å². The van der Waals surface area contributed by atoms with Gasteiger partial charge in [-0.1, -0.05) is 0 Å². The first kappa shape index (κ1) is 19.0. The molecule has 0 spiro atoms. The van der Waals surface area contributed by atoms with E-state index >= 15 is 0 Å². The van der Waals surface area contributed by atoms with E-state index in [0.717, 1.165) is 12.1 Å². The summed E-state index contributed by atoms with van der Waals surface area (Å²) in [6.45, 7) is 1.28. The van der Waals surface area contributed by atoms with Crippen molar-refractivity contribution < 1.29 is 32.6 Å². The molecule has 1 N–H and O–H groups in total. The molecule has 0 radical (unpaired) electrons. The molecule has 26 heavy (non-hydrogen) atoms. The molecule has 1 amide bonds. The number of ether oxygens (including phenoxy) is 2. The molecule has 0 fully saturated rings. The third-order valence-corrected chi connectivity index (χ3v) is 3.17. The van der Waals surface area contributed by atoms with E-state index in [1.807, 2.05) is 0 Å². The van der Waals surface area contributed by atoms with Crippen molar-refractivity contribution in [1.82, 2.24) is 0 Å². The second-order valence-corrected chi connectivity index (χ2v) is 5.05. The molecule has 2 aromatic carbocycles. The van der Waals surface area contributed by atoms with Crippen LogP contribution in [0.3, 0.4) is 0 Å². The zero-order valence-corrected chi connectivity index (χ0v) is 13.8. The van der Waals surface area contributed by atoms with Gasteiger partial charge < -0.3 is 14.8 Å². The minimum absolute atomic E-state index is 0.247. The fourth-order valence-corrected chi connectivity index (χ4v) is 1.97. The number of carbonyl (C=O) groups is 3. The zero-order valence-electron chi connectivity index (χ0n) is 13.8. The Morgan fingerprint density at radius 2 is 1.65 bits per heavy atom. The molecule has 0 aromatic heterocycles. The second kappa shape index (κ2) is 8.70. The summed E-state index contributed by atoms with van der Waals surface area (Å²) in [7, 11) is 0. The number of esters is 2. The van der Waals surface area contributed by atoms with Crippen molar-refractivity contribution in [2.45, 2.75) is 6.92 Å². The summed E-state index contributed by atoms with van der Waals surface area (Å²) in [5.41, 5.74) is 0.216. The van der Waals surface area contributed by atoms with Gasteiger partial charge in [0.05, 0.1) is 17.7 Å². The maximum Gasteiger partial charge on any atom is 0.341 e. The van der Waals surface area contributed by atoms with Crippen molar-refractivity contribution in [3.63, 3.8) is 0 Å². The van der Waals surface area contributed by atoms with Crippen molar-refractivity contribution in [3.05, 3.63) is 65.2 Å². The SMILES string of the molecule is CCOC(=O)c1ccc(NC(=O)COC(=O)c2ccc(F)cc2F)cc1. The zero-order chi connectivity index (χ0) is 19.1. The smallest absolute Gasteiger partial charge is 0.341 e. The molecule has 6 nitrogen and oxygen atoms in total. The van der Waals surface area contributed by atoms with Gasteiger partial charge in [-0.3, -0.25) is 4.79 Å². The lowest BCUT2D eigenvalue weighted by Gasteiger charge is -2.08. The van der Waals surface area contributed by atoms with Crippen LogP contribution in [-0.2, 0) is 14.3 Å². The Balaban J connectivity index is 1.88. The molecule has 0 saturated carbocycles. The van der Waals surface area contributed by atoms with Crippen LogP contribution in [0.15, 0.2) is 42.5 Å². The molecular weight excluding hydrogens is 348 g/mol. The number of halogens is 2. The highest BCUT2D eigenvalue weighted by atomic mass is 19.1. The standard InChI is InChI=1S/C18H15F2NO5/c1-2-25-17(23)11-3-6-13(7-4-11)21-16(22)10-26-18(24)14-8-5-12(19)9-15(14)20/h3-9H,2,10H2,1H3,(H,21,22). The van der Waals surface area contributed by atoms with Crippen LogP contribution in [-0.4, -0.2) is 31.1 Å². The van der Waals surface area contributed by atoms with Crippen molar-refractivity contribution in [1.29, 1.82) is 0 Å². The van der Waals surface area contributed by atoms with E-state index in [-0.39, 0.29) is 6.61 Å². The van der Waals surface area contributed by atoms with E-state index in [0.29, 0.717) is 17.3 Å². The Kier molecular flexibility index (Phi) is 6.37. The molecule has 136 valence electrons. The van der Waals surface area contributed by atoms with Crippen LogP contribution >= 0.6 is 0 Å². The molecule has 0 atom stereocenters. The molecule has 0 unspecified atom stereocenters. The normalized spacial score (nSPS) is 10.1. The van der Waals surface area contributed by atoms with E-state index in [1.165, 1.54) is 24.3 Å². The average molecular weight is 363 g/mol. The van der Waals surface area contributed by atoms with Crippen LogP contribution in [0.4, 0.5) is 14.5 Å².